The van der Waals surface area contributed by atoms with Crippen molar-refractivity contribution in [3.8, 4) is 5.75 Å². The second-order valence-electron chi connectivity index (χ2n) is 9.34. The van der Waals surface area contributed by atoms with Crippen LogP contribution in [0.5, 0.6) is 5.75 Å². The van der Waals surface area contributed by atoms with Crippen molar-refractivity contribution in [2.24, 2.45) is 11.8 Å². The molecule has 7 rings (SSSR count). The Morgan fingerprint density at radius 1 is 1.14 bits per heavy atom. The average Bonchev–Trinajstić information content (AvgIpc) is 3.18. The number of allylic oxidation sites excluding steroid dienone is 4. The molecule has 4 atom stereocenters. The van der Waals surface area contributed by atoms with Crippen LogP contribution in [0.3, 0.4) is 0 Å². The Morgan fingerprint density at radius 3 is 2.89 bits per heavy atom. The van der Waals surface area contributed by atoms with E-state index in [1.54, 1.807) is 12.3 Å². The quantitative estimate of drug-likeness (QED) is 0.560. The molecule has 1 aromatic carbocycles. The van der Waals surface area contributed by atoms with Crippen LogP contribution in [0.25, 0.3) is 11.0 Å². The molecule has 1 saturated carbocycles. The van der Waals surface area contributed by atoms with Crippen LogP contribution in [0, 0.1) is 11.8 Å². The van der Waals surface area contributed by atoms with Crippen LogP contribution in [0.4, 0.5) is 19.0 Å². The van der Waals surface area contributed by atoms with Gasteiger partial charge in [-0.25, -0.2) is 9.97 Å². The number of carbonyl (C=O) groups excluding carboxylic acids is 1. The summed E-state index contributed by atoms with van der Waals surface area (Å²) in [5, 5.41) is 2.78. The molecule has 2 aromatic heterocycles. The average molecular weight is 480 g/mol. The van der Waals surface area contributed by atoms with E-state index < -0.39 is 11.7 Å². The molecule has 1 saturated heterocycles. The van der Waals surface area contributed by atoms with Crippen LogP contribution in [0.1, 0.15) is 35.7 Å². The summed E-state index contributed by atoms with van der Waals surface area (Å²) in [5.41, 5.74) is 1.07. The summed E-state index contributed by atoms with van der Waals surface area (Å²) >= 11 is 0. The summed E-state index contributed by atoms with van der Waals surface area (Å²) < 4.78 is 51.6. The normalized spacial score (nSPS) is 26.7. The van der Waals surface area contributed by atoms with Crippen molar-refractivity contribution in [1.29, 1.82) is 0 Å². The van der Waals surface area contributed by atoms with Crippen LogP contribution in [0.2, 0.25) is 0 Å². The summed E-state index contributed by atoms with van der Waals surface area (Å²) in [7, 11) is 0. The number of hydrogen-bond acceptors (Lipinski definition) is 5. The van der Waals surface area contributed by atoms with Crippen LogP contribution in [-0.4, -0.2) is 27.0 Å². The highest BCUT2D eigenvalue weighted by molar-refractivity contribution is 5.93. The molecule has 178 valence electrons. The molecule has 3 aromatic rings. The van der Waals surface area contributed by atoms with E-state index in [1.807, 2.05) is 12.2 Å². The van der Waals surface area contributed by atoms with Gasteiger partial charge in [0.2, 0.25) is 5.91 Å². The molecule has 10 heteroatoms. The maximum atomic E-state index is 13.1. The van der Waals surface area contributed by atoms with Crippen molar-refractivity contribution in [2.75, 3.05) is 5.32 Å². The predicted molar refractivity (Wildman–Crippen MR) is 118 cm³/mol. The molecule has 7 nitrogen and oxygen atoms in total. The third-order valence-electron chi connectivity index (χ3n) is 7.22. The first-order valence-corrected chi connectivity index (χ1v) is 11.4. The Hall–Kier alpha value is -3.82. The monoisotopic (exact) mass is 480 g/mol. The van der Waals surface area contributed by atoms with Gasteiger partial charge in [0.05, 0.1) is 22.5 Å². The van der Waals surface area contributed by atoms with Gasteiger partial charge in [-0.2, -0.15) is 13.2 Å². The molecular weight excluding hydrogens is 461 g/mol. The number of pyridine rings is 1. The Balaban J connectivity index is 1.10. The van der Waals surface area contributed by atoms with Gasteiger partial charge in [0.15, 0.2) is 0 Å². The number of anilines is 1. The van der Waals surface area contributed by atoms with E-state index in [0.29, 0.717) is 47.7 Å². The van der Waals surface area contributed by atoms with E-state index in [9.17, 15) is 18.0 Å². The number of benzene rings is 1. The molecule has 4 heterocycles. The number of fused-ring (bicyclic) bond motifs is 5. The second-order valence-corrected chi connectivity index (χ2v) is 9.34. The van der Waals surface area contributed by atoms with E-state index in [2.05, 4.69) is 20.3 Å². The summed E-state index contributed by atoms with van der Waals surface area (Å²) in [6, 6.07) is 5.35. The van der Waals surface area contributed by atoms with Crippen LogP contribution in [0.15, 0.2) is 54.1 Å². The van der Waals surface area contributed by atoms with Gasteiger partial charge in [-0.1, -0.05) is 0 Å². The molecule has 2 N–H and O–H groups in total. The van der Waals surface area contributed by atoms with Crippen molar-refractivity contribution >= 4 is 22.8 Å². The molecule has 2 aliphatic carbocycles. The van der Waals surface area contributed by atoms with Gasteiger partial charge < -0.3 is 19.8 Å². The van der Waals surface area contributed by atoms with E-state index >= 15 is 0 Å². The van der Waals surface area contributed by atoms with Crippen LogP contribution >= 0.6 is 0 Å². The lowest BCUT2D eigenvalue weighted by molar-refractivity contribution is -0.137. The summed E-state index contributed by atoms with van der Waals surface area (Å²) in [6.45, 7) is 0. The van der Waals surface area contributed by atoms with E-state index in [0.717, 1.165) is 29.2 Å². The highest BCUT2D eigenvalue weighted by Crippen LogP contribution is 2.63. The fourth-order valence-electron chi connectivity index (χ4n) is 5.50. The summed E-state index contributed by atoms with van der Waals surface area (Å²) in [4.78, 5) is 23.5. The van der Waals surface area contributed by atoms with Crippen molar-refractivity contribution in [2.45, 2.75) is 37.5 Å². The molecule has 2 fully saturated rings. The van der Waals surface area contributed by atoms with Crippen LogP contribution < -0.4 is 10.1 Å². The molecular formula is C25H19F3N4O3. The number of ether oxygens (including phenoxy) is 2. The number of nitrogens with one attached hydrogen (secondary N) is 2. The predicted octanol–water partition coefficient (Wildman–Crippen LogP) is 4.84. The highest BCUT2D eigenvalue weighted by Gasteiger charge is 2.65. The van der Waals surface area contributed by atoms with Gasteiger partial charge in [0, 0.05) is 36.4 Å². The van der Waals surface area contributed by atoms with Gasteiger partial charge >= 0.3 is 6.18 Å². The number of hydrogen-bond donors (Lipinski definition) is 2. The standard InChI is InChI=1S/C25H19F3N4O3/c26-25(27,28)11-1-4-15-16(9-11)31-24(30-15)21-20-14-10-12(2-5-17(14)35-22(20)21)34-18-7-8-29-23-13(18)3-6-19(33)32-23/h1-2,4-5,7-9,14,20-22H,3,6,10H2,(H,30,31)(H,29,32,33)/t14?,20-,21?,22-/m0/s1. The zero-order valence-corrected chi connectivity index (χ0v) is 18.2. The van der Waals surface area contributed by atoms with E-state index in [4.69, 9.17) is 9.47 Å². The zero-order chi connectivity index (χ0) is 23.9. The van der Waals surface area contributed by atoms with Crippen LogP contribution in [-0.2, 0) is 22.1 Å². The Kier molecular flexibility index (Phi) is 4.16. The number of H-pyrrole nitrogens is 1. The number of nitrogens with zero attached hydrogens (tertiary/aromatic N) is 2. The third kappa shape index (κ3) is 3.30. The fourth-order valence-corrected chi connectivity index (χ4v) is 5.50. The number of amides is 1. The number of carbonyl (C=O) groups is 1. The lowest BCUT2D eigenvalue weighted by Gasteiger charge is -2.23. The van der Waals surface area contributed by atoms with Crippen molar-refractivity contribution in [3.63, 3.8) is 0 Å². The van der Waals surface area contributed by atoms with Gasteiger partial charge in [0.25, 0.3) is 0 Å². The van der Waals surface area contributed by atoms with E-state index in [1.165, 1.54) is 6.07 Å². The molecule has 0 bridgehead atoms. The molecule has 2 aliphatic heterocycles. The number of aromatic amines is 1. The summed E-state index contributed by atoms with van der Waals surface area (Å²) in [6.07, 6.45) is 2.60. The van der Waals surface area contributed by atoms with Crippen molar-refractivity contribution in [1.82, 2.24) is 15.0 Å². The van der Waals surface area contributed by atoms with Gasteiger partial charge in [-0.05, 0) is 42.8 Å². The minimum Gasteiger partial charge on any atom is -0.493 e. The first-order chi connectivity index (χ1) is 16.8. The number of imidazole rings is 1. The smallest absolute Gasteiger partial charge is 0.416 e. The maximum absolute atomic E-state index is 13.1. The number of alkyl halides is 3. The summed E-state index contributed by atoms with van der Waals surface area (Å²) in [5.74, 6) is 3.81. The first kappa shape index (κ1) is 20.5. The minimum atomic E-state index is -4.40. The Morgan fingerprint density at radius 2 is 2.03 bits per heavy atom. The molecule has 35 heavy (non-hydrogen) atoms. The molecule has 4 aliphatic rings. The minimum absolute atomic E-state index is 0.00198. The van der Waals surface area contributed by atoms with Gasteiger partial charge in [-0.15, -0.1) is 0 Å². The lowest BCUT2D eigenvalue weighted by Crippen LogP contribution is -2.21. The van der Waals surface area contributed by atoms with Gasteiger partial charge in [-0.3, -0.25) is 4.79 Å². The Labute approximate surface area is 197 Å². The molecule has 2 unspecified atom stereocenters. The van der Waals surface area contributed by atoms with Crippen molar-refractivity contribution < 1.29 is 27.4 Å². The molecule has 0 spiro atoms. The van der Waals surface area contributed by atoms with Gasteiger partial charge in [0.1, 0.15) is 35.0 Å². The highest BCUT2D eigenvalue weighted by atomic mass is 19.4. The lowest BCUT2D eigenvalue weighted by atomic mass is 9.92. The topological polar surface area (TPSA) is 89.1 Å². The number of halogens is 3. The Bertz CT molecular complexity index is 1460. The van der Waals surface area contributed by atoms with E-state index in [-0.39, 0.29) is 29.8 Å². The zero-order valence-electron chi connectivity index (χ0n) is 18.2. The first-order valence-electron chi connectivity index (χ1n) is 11.4. The SMILES string of the molecule is O=C1CCc2c(OC3=CC=C4O[C@@H]5C(c6nc7ccc(C(F)(F)F)cc7[nH]6)[C@@H]5C4C3)ccnc2N1. The fraction of sp³-hybridized carbons (Fsp3) is 0.320. The maximum Gasteiger partial charge on any atom is 0.416 e. The third-order valence-corrected chi connectivity index (χ3v) is 7.22. The second kappa shape index (κ2) is 7.10. The molecule has 1 amide bonds. The molecule has 0 radical (unpaired) electrons. The largest absolute Gasteiger partial charge is 0.493 e. The number of aromatic nitrogens is 3. The van der Waals surface area contributed by atoms with Crippen molar-refractivity contribution in [3.05, 3.63) is 71.1 Å². The number of rotatable bonds is 3.